The lowest BCUT2D eigenvalue weighted by Crippen LogP contribution is -2.03. The van der Waals surface area contributed by atoms with E-state index in [9.17, 15) is 29.9 Å². The van der Waals surface area contributed by atoms with E-state index in [4.69, 9.17) is 32.7 Å². The molecule has 0 aliphatic carbocycles. The van der Waals surface area contributed by atoms with Gasteiger partial charge in [-0.2, -0.15) is 0 Å². The molecule has 0 unspecified atom stereocenters. The lowest BCUT2D eigenvalue weighted by atomic mass is 10.0. The molecule has 4 aromatic rings. The van der Waals surface area contributed by atoms with Crippen LogP contribution in [0, 0.1) is 10.1 Å². The van der Waals surface area contributed by atoms with Crippen LogP contribution in [0.5, 0.6) is 23.0 Å². The van der Waals surface area contributed by atoms with Gasteiger partial charge in [-0.3, -0.25) is 19.7 Å². The van der Waals surface area contributed by atoms with Crippen LogP contribution in [0.2, 0.25) is 10.0 Å². The molecule has 0 atom stereocenters. The van der Waals surface area contributed by atoms with Crippen molar-refractivity contribution in [2.75, 3.05) is 14.2 Å². The highest BCUT2D eigenvalue weighted by Gasteiger charge is 2.23. The molecule has 4 aromatic carbocycles. The fourth-order valence-corrected chi connectivity index (χ4v) is 3.81. The van der Waals surface area contributed by atoms with E-state index in [0.29, 0.717) is 21.2 Å². The van der Waals surface area contributed by atoms with E-state index in [1.807, 2.05) is 0 Å². The molecule has 39 heavy (non-hydrogen) atoms. The second-order valence-electron chi connectivity index (χ2n) is 7.87. The third-order valence-corrected chi connectivity index (χ3v) is 5.82. The number of nitro benzene ring substituents is 1. The number of methoxy groups -OCH3 is 2. The van der Waals surface area contributed by atoms with Gasteiger partial charge in [0.1, 0.15) is 0 Å². The Morgan fingerprint density at radius 1 is 0.718 bits per heavy atom. The number of halogens is 2. The molecule has 2 N–H and O–H groups in total. The summed E-state index contributed by atoms with van der Waals surface area (Å²) >= 11 is 11.7. The third-order valence-electron chi connectivity index (χ3n) is 5.35. The number of aromatic hydroxyl groups is 2. The summed E-state index contributed by atoms with van der Waals surface area (Å²) < 4.78 is 9.82. The molecule has 0 heterocycles. The van der Waals surface area contributed by atoms with Gasteiger partial charge in [0.2, 0.25) is 5.75 Å². The molecule has 0 aliphatic rings. The van der Waals surface area contributed by atoms with Crippen molar-refractivity contribution in [3.8, 4) is 23.0 Å². The second-order valence-corrected chi connectivity index (χ2v) is 8.74. The number of hydrogen-bond acceptors (Lipinski definition) is 8. The van der Waals surface area contributed by atoms with Crippen LogP contribution in [0.15, 0.2) is 78.9 Å². The van der Waals surface area contributed by atoms with E-state index < -0.39 is 22.1 Å². The van der Waals surface area contributed by atoms with Crippen molar-refractivity contribution in [3.05, 3.63) is 121 Å². The number of carbonyl (C=O) groups is 2. The van der Waals surface area contributed by atoms with E-state index in [1.54, 1.807) is 48.5 Å². The number of hydrogen-bond donors (Lipinski definition) is 2. The van der Waals surface area contributed by atoms with Crippen LogP contribution < -0.4 is 9.47 Å². The van der Waals surface area contributed by atoms with Crippen molar-refractivity contribution in [1.82, 2.24) is 0 Å². The van der Waals surface area contributed by atoms with Gasteiger partial charge in [-0.25, -0.2) is 0 Å². The van der Waals surface area contributed by atoms with Crippen LogP contribution >= 0.6 is 23.2 Å². The Morgan fingerprint density at radius 3 is 1.69 bits per heavy atom. The van der Waals surface area contributed by atoms with Gasteiger partial charge in [-0.05, 0) is 48.5 Å². The number of carbonyl (C=O) groups excluding carboxylic acids is 2. The lowest BCUT2D eigenvalue weighted by molar-refractivity contribution is -0.386. The van der Waals surface area contributed by atoms with E-state index in [-0.39, 0.29) is 34.2 Å². The minimum Gasteiger partial charge on any atom is -0.504 e. The highest BCUT2D eigenvalue weighted by atomic mass is 35.5. The highest BCUT2D eigenvalue weighted by Crippen LogP contribution is 2.37. The Morgan fingerprint density at radius 2 is 1.21 bits per heavy atom. The Balaban J connectivity index is 0.000000218. The summed E-state index contributed by atoms with van der Waals surface area (Å²) in [5.74, 6) is -1.13. The Kier molecular flexibility index (Phi) is 9.48. The predicted octanol–water partition coefficient (Wildman–Crippen LogP) is 6.48. The number of ketones is 2. The molecule has 0 amide bonds. The van der Waals surface area contributed by atoms with Crippen LogP contribution in [-0.4, -0.2) is 40.9 Å². The minimum absolute atomic E-state index is 0.000133. The summed E-state index contributed by atoms with van der Waals surface area (Å²) in [5.41, 5.74) is 0.644. The van der Waals surface area contributed by atoms with Gasteiger partial charge in [-0.1, -0.05) is 47.5 Å². The van der Waals surface area contributed by atoms with Crippen molar-refractivity contribution in [2.45, 2.75) is 0 Å². The molecule has 4 rings (SSSR count). The molecule has 0 saturated heterocycles. The fraction of sp³-hybridized carbons (Fsp3) is 0.0714. The third kappa shape index (κ3) is 7.04. The average Bonchev–Trinajstić information content (AvgIpc) is 2.93. The average molecular weight is 570 g/mol. The number of nitro groups is 1. The molecule has 9 nitrogen and oxygen atoms in total. The predicted molar refractivity (Wildman–Crippen MR) is 146 cm³/mol. The number of rotatable bonds is 7. The zero-order valence-electron chi connectivity index (χ0n) is 20.6. The van der Waals surface area contributed by atoms with Crippen LogP contribution in [-0.2, 0) is 0 Å². The fourth-order valence-electron chi connectivity index (χ4n) is 3.43. The lowest BCUT2D eigenvalue weighted by Gasteiger charge is -2.07. The van der Waals surface area contributed by atoms with Crippen molar-refractivity contribution in [3.63, 3.8) is 0 Å². The minimum atomic E-state index is -0.785. The van der Waals surface area contributed by atoms with Crippen LogP contribution in [0.1, 0.15) is 31.8 Å². The number of phenols is 2. The van der Waals surface area contributed by atoms with Crippen molar-refractivity contribution in [2.24, 2.45) is 0 Å². The first kappa shape index (κ1) is 29.0. The number of ether oxygens (including phenoxy) is 2. The largest absolute Gasteiger partial charge is 0.504 e. The Hall–Kier alpha value is -4.60. The quantitative estimate of drug-likeness (QED) is 0.146. The van der Waals surface area contributed by atoms with E-state index in [2.05, 4.69) is 0 Å². The summed E-state index contributed by atoms with van der Waals surface area (Å²) in [5, 5.41) is 31.0. The molecule has 0 aliphatic heterocycles. The van der Waals surface area contributed by atoms with Gasteiger partial charge in [0.05, 0.1) is 19.1 Å². The van der Waals surface area contributed by atoms with Gasteiger partial charge in [0, 0.05) is 38.4 Å². The SMILES string of the molecule is COc1cc(C(=O)c2cccc(Cl)c2)cc([N+](=O)[O-])c1O.COc1cc(C(=O)c2cccc(Cl)c2)ccc1O. The topological polar surface area (TPSA) is 136 Å². The maximum absolute atomic E-state index is 12.3. The molecular weight excluding hydrogens is 549 g/mol. The van der Waals surface area contributed by atoms with Crippen molar-refractivity contribution in [1.29, 1.82) is 0 Å². The second kappa shape index (κ2) is 12.8. The van der Waals surface area contributed by atoms with Gasteiger partial charge >= 0.3 is 5.69 Å². The normalized spacial score (nSPS) is 10.2. The van der Waals surface area contributed by atoms with Gasteiger partial charge in [-0.15, -0.1) is 0 Å². The molecule has 0 radical (unpaired) electrons. The van der Waals surface area contributed by atoms with E-state index in [0.717, 1.165) is 6.07 Å². The summed E-state index contributed by atoms with van der Waals surface area (Å²) in [7, 11) is 2.68. The van der Waals surface area contributed by atoms with Crippen molar-refractivity contribution < 1.29 is 34.2 Å². The maximum atomic E-state index is 12.3. The first-order valence-electron chi connectivity index (χ1n) is 11.1. The summed E-state index contributed by atoms with van der Waals surface area (Å²) in [6.45, 7) is 0. The summed E-state index contributed by atoms with van der Waals surface area (Å²) in [6, 6.07) is 19.6. The van der Waals surface area contributed by atoms with Crippen LogP contribution in [0.25, 0.3) is 0 Å². The van der Waals surface area contributed by atoms with E-state index in [1.165, 1.54) is 38.5 Å². The molecular formula is C28H21Cl2NO8. The van der Waals surface area contributed by atoms with Gasteiger partial charge in [0.25, 0.3) is 0 Å². The summed E-state index contributed by atoms with van der Waals surface area (Å²) in [4.78, 5) is 34.6. The molecule has 200 valence electrons. The van der Waals surface area contributed by atoms with Crippen LogP contribution in [0.4, 0.5) is 5.69 Å². The summed E-state index contributed by atoms with van der Waals surface area (Å²) in [6.07, 6.45) is 0. The first-order valence-corrected chi connectivity index (χ1v) is 11.8. The molecule has 0 bridgehead atoms. The number of phenolic OH excluding ortho intramolecular Hbond substituents is 2. The zero-order chi connectivity index (χ0) is 28.7. The highest BCUT2D eigenvalue weighted by molar-refractivity contribution is 6.31. The van der Waals surface area contributed by atoms with Crippen LogP contribution in [0.3, 0.4) is 0 Å². The zero-order valence-corrected chi connectivity index (χ0v) is 22.1. The standard InChI is InChI=1S/C14H10ClNO5.C14H11ClO3/c1-21-12-7-9(6-11(14(12)18)16(19)20)13(17)8-3-2-4-10(15)5-8;1-18-13-8-10(5-6-12(13)16)14(17)9-3-2-4-11(15)7-9/h2-7,18H,1H3;2-8,16H,1H3. The molecule has 0 saturated carbocycles. The van der Waals surface area contributed by atoms with E-state index >= 15 is 0 Å². The number of nitrogens with zero attached hydrogens (tertiary/aromatic N) is 1. The Labute approximate surface area is 232 Å². The Bertz CT molecular complexity index is 1550. The monoisotopic (exact) mass is 569 g/mol. The van der Waals surface area contributed by atoms with Gasteiger partial charge in [0.15, 0.2) is 28.8 Å². The molecule has 0 spiro atoms. The molecule has 0 fully saturated rings. The number of benzene rings is 4. The first-order chi connectivity index (χ1) is 18.5. The smallest absolute Gasteiger partial charge is 0.315 e. The molecule has 0 aromatic heterocycles. The molecule has 11 heteroatoms. The van der Waals surface area contributed by atoms with Gasteiger partial charge < -0.3 is 19.7 Å². The van der Waals surface area contributed by atoms with Crippen molar-refractivity contribution >= 4 is 40.5 Å². The maximum Gasteiger partial charge on any atom is 0.315 e.